The fourth-order valence-corrected chi connectivity index (χ4v) is 5.32. The van der Waals surface area contributed by atoms with E-state index >= 15 is 0 Å². The van der Waals surface area contributed by atoms with Gasteiger partial charge in [0.2, 0.25) is 5.95 Å². The van der Waals surface area contributed by atoms with Gasteiger partial charge in [-0.2, -0.15) is 0 Å². The van der Waals surface area contributed by atoms with Crippen LogP contribution in [0.3, 0.4) is 0 Å². The van der Waals surface area contributed by atoms with Gasteiger partial charge in [-0.25, -0.2) is 37.6 Å². The van der Waals surface area contributed by atoms with Crippen molar-refractivity contribution in [1.29, 1.82) is 0 Å². The lowest BCUT2D eigenvalue weighted by molar-refractivity contribution is 0.0232. The number of anilines is 3. The Balaban J connectivity index is 1.49. The number of hydrogen-bond donors (Lipinski definition) is 3. The Bertz CT molecular complexity index is 1880. The number of carbonyl (C=O) groups excluding carboxylic acids is 3. The van der Waals surface area contributed by atoms with Crippen LogP contribution < -0.4 is 16.4 Å². The van der Waals surface area contributed by atoms with Crippen LogP contribution in [0.1, 0.15) is 53.5 Å². The van der Waals surface area contributed by atoms with Gasteiger partial charge in [0.05, 0.1) is 22.6 Å². The van der Waals surface area contributed by atoms with E-state index in [0.717, 1.165) is 11.8 Å². The second-order valence-electron chi connectivity index (χ2n) is 11.8. The first kappa shape index (κ1) is 32.0. The highest BCUT2D eigenvalue weighted by atomic mass is 19.2. The first-order valence-corrected chi connectivity index (χ1v) is 14.3. The number of halogens is 3. The standard InChI is InChI=1S/C32H32F3N7O4/c1-16-20(33)15-22(26(35)25(16)34)40-30(44)38-18-8-6-7-17(13-18)14-19-24-23(41(5)27(19)21-9-11-37-29(36)39-21)10-12-42(28(24)43)31(45)46-32(2,3)4/h6-9,11,13,15H,10,12,14H2,1-5H3,(H2,36,37,39)(H2,38,40,44). The van der Waals surface area contributed by atoms with Gasteiger partial charge in [-0.1, -0.05) is 12.1 Å². The fourth-order valence-electron chi connectivity index (χ4n) is 5.32. The van der Waals surface area contributed by atoms with E-state index < -0.39 is 52.3 Å². The van der Waals surface area contributed by atoms with Crippen molar-refractivity contribution in [2.75, 3.05) is 22.9 Å². The summed E-state index contributed by atoms with van der Waals surface area (Å²) in [4.78, 5) is 49.0. The van der Waals surface area contributed by atoms with Gasteiger partial charge in [-0.15, -0.1) is 0 Å². The zero-order valence-corrected chi connectivity index (χ0v) is 25.8. The van der Waals surface area contributed by atoms with Crippen molar-refractivity contribution in [3.05, 3.63) is 88.0 Å². The molecule has 240 valence electrons. The molecule has 14 heteroatoms. The number of nitrogens with zero attached hydrogens (tertiary/aromatic N) is 4. The number of fused-ring (bicyclic) bond motifs is 1. The molecule has 0 radical (unpaired) electrons. The molecule has 3 heterocycles. The number of nitrogens with two attached hydrogens (primary N) is 1. The van der Waals surface area contributed by atoms with Crippen molar-refractivity contribution in [3.8, 4) is 11.4 Å². The largest absolute Gasteiger partial charge is 0.443 e. The number of amides is 4. The number of nitrogens with one attached hydrogen (secondary N) is 2. The number of nitrogen functional groups attached to an aromatic ring is 1. The molecule has 1 aliphatic rings. The minimum absolute atomic E-state index is 0.0336. The highest BCUT2D eigenvalue weighted by molar-refractivity contribution is 6.07. The van der Waals surface area contributed by atoms with Gasteiger partial charge in [-0.05, 0) is 57.0 Å². The van der Waals surface area contributed by atoms with Gasteiger partial charge in [0, 0.05) is 55.6 Å². The number of imide groups is 1. The third-order valence-electron chi connectivity index (χ3n) is 7.38. The highest BCUT2D eigenvalue weighted by Gasteiger charge is 2.38. The molecule has 4 aromatic rings. The molecule has 0 unspecified atom stereocenters. The molecule has 46 heavy (non-hydrogen) atoms. The van der Waals surface area contributed by atoms with Crippen LogP contribution in [0.5, 0.6) is 0 Å². The van der Waals surface area contributed by atoms with Crippen molar-refractivity contribution in [3.63, 3.8) is 0 Å². The van der Waals surface area contributed by atoms with Crippen LogP contribution in [-0.4, -0.2) is 49.6 Å². The van der Waals surface area contributed by atoms with E-state index in [-0.39, 0.29) is 24.6 Å². The van der Waals surface area contributed by atoms with Gasteiger partial charge < -0.3 is 25.7 Å². The van der Waals surface area contributed by atoms with E-state index in [1.165, 1.54) is 6.20 Å². The van der Waals surface area contributed by atoms with Crippen molar-refractivity contribution in [2.45, 2.75) is 46.1 Å². The molecule has 0 aliphatic carbocycles. The Morgan fingerprint density at radius 1 is 1.09 bits per heavy atom. The molecule has 0 spiro atoms. The molecule has 0 saturated carbocycles. The van der Waals surface area contributed by atoms with Gasteiger partial charge in [0.25, 0.3) is 5.91 Å². The molecular weight excluding hydrogens is 603 g/mol. The summed E-state index contributed by atoms with van der Waals surface area (Å²) in [5.41, 5.74) is 7.48. The predicted octanol–water partition coefficient (Wildman–Crippen LogP) is 5.96. The molecule has 11 nitrogen and oxygen atoms in total. The summed E-state index contributed by atoms with van der Waals surface area (Å²) in [6, 6.07) is 8.04. The van der Waals surface area contributed by atoms with Crippen LogP contribution in [0.4, 0.5) is 40.1 Å². The molecule has 2 aromatic heterocycles. The summed E-state index contributed by atoms with van der Waals surface area (Å²) in [6.45, 7) is 6.34. The summed E-state index contributed by atoms with van der Waals surface area (Å²) in [5, 5.41) is 4.66. The minimum atomic E-state index is -1.40. The zero-order chi connectivity index (χ0) is 33.5. The van der Waals surface area contributed by atoms with Crippen molar-refractivity contribution < 1.29 is 32.3 Å². The monoisotopic (exact) mass is 635 g/mol. The maximum Gasteiger partial charge on any atom is 0.417 e. The molecule has 1 aliphatic heterocycles. The first-order valence-electron chi connectivity index (χ1n) is 14.3. The number of hydrogen-bond acceptors (Lipinski definition) is 7. The SMILES string of the molecule is Cc1c(F)cc(NC(=O)Nc2cccc(Cc3c4c(n(C)c3-c3ccnc(N)n3)CCN(C(=O)OC(C)(C)C)C4=O)c2)c(F)c1F. The van der Waals surface area contributed by atoms with Gasteiger partial charge in [0.15, 0.2) is 11.6 Å². The van der Waals surface area contributed by atoms with Crippen LogP contribution in [0.25, 0.3) is 11.4 Å². The molecule has 0 atom stereocenters. The topological polar surface area (TPSA) is 144 Å². The van der Waals surface area contributed by atoms with Gasteiger partial charge >= 0.3 is 12.1 Å². The minimum Gasteiger partial charge on any atom is -0.443 e. The summed E-state index contributed by atoms with van der Waals surface area (Å²) in [5.74, 6) is -4.29. The Kier molecular flexibility index (Phi) is 8.48. The number of benzene rings is 2. The van der Waals surface area contributed by atoms with Crippen molar-refractivity contribution in [1.82, 2.24) is 19.4 Å². The zero-order valence-electron chi connectivity index (χ0n) is 25.8. The number of urea groups is 1. The molecule has 0 fully saturated rings. The van der Waals surface area contributed by atoms with Gasteiger partial charge in [0.1, 0.15) is 11.4 Å². The lowest BCUT2D eigenvalue weighted by atomic mass is 9.95. The molecule has 0 saturated heterocycles. The Morgan fingerprint density at radius 2 is 1.83 bits per heavy atom. The second-order valence-corrected chi connectivity index (χ2v) is 11.8. The average Bonchev–Trinajstić information content (AvgIpc) is 3.25. The number of carbonyl (C=O) groups is 3. The number of aromatic nitrogens is 3. The van der Waals surface area contributed by atoms with Crippen LogP contribution in [0, 0.1) is 24.4 Å². The van der Waals surface area contributed by atoms with Crippen molar-refractivity contribution in [2.24, 2.45) is 7.05 Å². The lowest BCUT2D eigenvalue weighted by Crippen LogP contribution is -2.45. The molecule has 4 amide bonds. The van der Waals surface area contributed by atoms with Crippen LogP contribution in [0.2, 0.25) is 0 Å². The molecule has 0 bridgehead atoms. The summed E-state index contributed by atoms with van der Waals surface area (Å²) in [7, 11) is 1.80. The third kappa shape index (κ3) is 6.36. The first-order chi connectivity index (χ1) is 21.6. The lowest BCUT2D eigenvalue weighted by Gasteiger charge is -2.29. The molecular formula is C32H32F3N7O4. The smallest absolute Gasteiger partial charge is 0.417 e. The van der Waals surface area contributed by atoms with E-state index in [2.05, 4.69) is 20.6 Å². The fraction of sp³-hybridized carbons (Fsp3) is 0.281. The molecule has 2 aromatic carbocycles. The summed E-state index contributed by atoms with van der Waals surface area (Å²) >= 11 is 0. The number of ether oxygens (including phenoxy) is 1. The normalized spacial score (nSPS) is 13.0. The van der Waals surface area contributed by atoms with Crippen LogP contribution in [-0.2, 0) is 24.6 Å². The second kappa shape index (κ2) is 12.2. The number of rotatable bonds is 5. The summed E-state index contributed by atoms with van der Waals surface area (Å²) in [6.07, 6.45) is 1.27. The van der Waals surface area contributed by atoms with E-state index in [1.807, 2.05) is 4.57 Å². The van der Waals surface area contributed by atoms with Gasteiger partial charge in [-0.3, -0.25) is 4.79 Å². The summed E-state index contributed by atoms with van der Waals surface area (Å²) < 4.78 is 49.6. The van der Waals surface area contributed by atoms with E-state index in [4.69, 9.17) is 10.5 Å². The highest BCUT2D eigenvalue weighted by Crippen LogP contribution is 2.36. The van der Waals surface area contributed by atoms with Crippen LogP contribution in [0.15, 0.2) is 42.6 Å². The average molecular weight is 636 g/mol. The maximum atomic E-state index is 14.3. The van der Waals surface area contributed by atoms with Crippen LogP contribution >= 0.6 is 0 Å². The van der Waals surface area contributed by atoms with Crippen molar-refractivity contribution >= 4 is 35.4 Å². The Hall–Kier alpha value is -5.40. The van der Waals surface area contributed by atoms with E-state index in [1.54, 1.807) is 58.2 Å². The van der Waals surface area contributed by atoms with E-state index in [0.29, 0.717) is 46.3 Å². The molecule has 5 rings (SSSR count). The molecule has 4 N–H and O–H groups in total. The predicted molar refractivity (Wildman–Crippen MR) is 165 cm³/mol. The van der Waals surface area contributed by atoms with E-state index in [9.17, 15) is 27.6 Å². The Morgan fingerprint density at radius 3 is 2.52 bits per heavy atom. The Labute approximate surface area is 262 Å². The quantitative estimate of drug-likeness (QED) is 0.230. The maximum absolute atomic E-state index is 14.3. The third-order valence-corrected chi connectivity index (χ3v) is 7.38.